The topological polar surface area (TPSA) is 100 Å². The third-order valence-electron chi connectivity index (χ3n) is 7.25. The lowest BCUT2D eigenvalue weighted by atomic mass is 10.1. The molecule has 8 nitrogen and oxygen atoms in total. The first-order valence-electron chi connectivity index (χ1n) is 12.9. The molecule has 5 heterocycles. The predicted octanol–water partition coefficient (Wildman–Crippen LogP) is 5.71. The molecule has 0 radical (unpaired) electrons. The number of nitrogens with two attached hydrogens (primary N) is 1. The van der Waals surface area contributed by atoms with E-state index in [0.29, 0.717) is 17.5 Å². The number of benzene rings is 2. The predicted molar refractivity (Wildman–Crippen MR) is 152 cm³/mol. The minimum atomic E-state index is 0.223. The average molecular weight is 499 g/mol. The zero-order chi connectivity index (χ0) is 25.8. The van der Waals surface area contributed by atoms with E-state index in [0.717, 1.165) is 68.1 Å². The number of nitrogens with zero attached hydrogens (tertiary/aromatic N) is 7. The molecule has 0 saturated carbocycles. The molecule has 38 heavy (non-hydrogen) atoms. The van der Waals surface area contributed by atoms with Crippen molar-refractivity contribution >= 4 is 43.9 Å². The van der Waals surface area contributed by atoms with Crippen molar-refractivity contribution in [2.45, 2.75) is 33.5 Å². The Labute approximate surface area is 218 Å². The lowest BCUT2D eigenvalue weighted by molar-refractivity contribution is 0.826. The Morgan fingerprint density at radius 2 is 1.13 bits per heavy atom. The van der Waals surface area contributed by atoms with Crippen molar-refractivity contribution < 1.29 is 0 Å². The van der Waals surface area contributed by atoms with Gasteiger partial charge in [0.05, 0.1) is 39.6 Å². The number of pyridine rings is 2. The van der Waals surface area contributed by atoms with E-state index in [1.54, 1.807) is 0 Å². The highest BCUT2D eigenvalue weighted by atomic mass is 15.0. The Morgan fingerprint density at radius 3 is 1.58 bits per heavy atom. The summed E-state index contributed by atoms with van der Waals surface area (Å²) in [6, 6.07) is 20.8. The first-order valence-corrected chi connectivity index (χ1v) is 12.9. The molecule has 0 amide bonds. The van der Waals surface area contributed by atoms with Gasteiger partial charge >= 0.3 is 0 Å². The Bertz CT molecular complexity index is 1860. The van der Waals surface area contributed by atoms with Gasteiger partial charge in [-0.05, 0) is 74.5 Å². The molecular weight excluding hydrogens is 472 g/mol. The second-order valence-corrected chi connectivity index (χ2v) is 9.30. The molecule has 8 heteroatoms. The van der Waals surface area contributed by atoms with Crippen molar-refractivity contribution in [1.29, 1.82) is 0 Å². The van der Waals surface area contributed by atoms with Crippen LogP contribution in [-0.2, 0) is 19.6 Å². The summed E-state index contributed by atoms with van der Waals surface area (Å²) in [4.78, 5) is 23.7. The summed E-state index contributed by atoms with van der Waals surface area (Å²) < 4.78 is 4.56. The molecule has 186 valence electrons. The molecular formula is C30H26N8. The van der Waals surface area contributed by atoms with Crippen LogP contribution in [0.3, 0.4) is 0 Å². The lowest BCUT2D eigenvalue weighted by Crippen LogP contribution is -2.07. The molecule has 2 aromatic carbocycles. The van der Waals surface area contributed by atoms with Gasteiger partial charge < -0.3 is 14.9 Å². The monoisotopic (exact) mass is 498 g/mol. The van der Waals surface area contributed by atoms with Gasteiger partial charge in [0.25, 0.3) is 0 Å². The van der Waals surface area contributed by atoms with Crippen molar-refractivity contribution in [1.82, 2.24) is 34.1 Å². The van der Waals surface area contributed by atoms with Gasteiger partial charge in [-0.1, -0.05) is 0 Å². The van der Waals surface area contributed by atoms with Gasteiger partial charge in [0.1, 0.15) is 5.82 Å². The lowest BCUT2D eigenvalue weighted by Gasteiger charge is -2.08. The maximum absolute atomic E-state index is 6.04. The van der Waals surface area contributed by atoms with Gasteiger partial charge in [-0.3, -0.25) is 9.97 Å². The normalized spacial score (nSPS) is 11.9. The highest BCUT2D eigenvalue weighted by Gasteiger charge is 2.16. The summed E-state index contributed by atoms with van der Waals surface area (Å²) in [5.41, 5.74) is 14.3. The van der Waals surface area contributed by atoms with Gasteiger partial charge in [0.2, 0.25) is 0 Å². The molecule has 2 N–H and O–H groups in total. The van der Waals surface area contributed by atoms with Gasteiger partial charge in [0, 0.05) is 47.4 Å². The summed E-state index contributed by atoms with van der Waals surface area (Å²) in [6.45, 7) is 6.25. The molecule has 0 unspecified atom stereocenters. The summed E-state index contributed by atoms with van der Waals surface area (Å²) in [5, 5.41) is 2.16. The highest BCUT2D eigenvalue weighted by molar-refractivity contribution is 6.08. The first-order chi connectivity index (χ1) is 18.7. The molecule has 0 aliphatic rings. The quantitative estimate of drug-likeness (QED) is 0.326. The van der Waals surface area contributed by atoms with E-state index in [1.807, 2.05) is 24.5 Å². The van der Waals surface area contributed by atoms with Gasteiger partial charge in [-0.25, -0.2) is 15.0 Å². The standard InChI is InChI=1S/C30H26N8/c1-3-37-22-11-9-18(15-20(22)27-24(37)7-5-13-32-27)29-34-26(17-31)35-30(36-29)19-10-12-23-21(16-19)28-25(38(23)4-2)8-6-14-33-28/h5-16H,3-4,17,31H2,1-2H3. The smallest absolute Gasteiger partial charge is 0.163 e. The summed E-state index contributed by atoms with van der Waals surface area (Å²) >= 11 is 0. The van der Waals surface area contributed by atoms with Crippen LogP contribution in [0.25, 0.3) is 66.6 Å². The summed E-state index contributed by atoms with van der Waals surface area (Å²) in [6.07, 6.45) is 3.67. The van der Waals surface area contributed by atoms with Crippen LogP contribution in [0.4, 0.5) is 0 Å². The third kappa shape index (κ3) is 3.30. The zero-order valence-electron chi connectivity index (χ0n) is 21.3. The fourth-order valence-corrected chi connectivity index (χ4v) is 5.55. The van der Waals surface area contributed by atoms with E-state index in [9.17, 15) is 0 Å². The van der Waals surface area contributed by atoms with Crippen LogP contribution in [0.15, 0.2) is 73.1 Å². The van der Waals surface area contributed by atoms with E-state index in [4.69, 9.17) is 20.7 Å². The van der Waals surface area contributed by atoms with Crippen LogP contribution < -0.4 is 5.73 Å². The molecule has 5 aromatic heterocycles. The first kappa shape index (κ1) is 22.5. The largest absolute Gasteiger partial charge is 0.339 e. The van der Waals surface area contributed by atoms with Crippen molar-refractivity contribution in [3.05, 3.63) is 78.9 Å². The third-order valence-corrected chi connectivity index (χ3v) is 7.25. The van der Waals surface area contributed by atoms with Crippen LogP contribution in [0, 0.1) is 0 Å². The fraction of sp³-hybridized carbons (Fsp3) is 0.167. The van der Waals surface area contributed by atoms with E-state index >= 15 is 0 Å². The number of aryl methyl sites for hydroxylation is 2. The molecule has 0 aliphatic heterocycles. The van der Waals surface area contributed by atoms with E-state index in [-0.39, 0.29) is 6.54 Å². The molecule has 7 aromatic rings. The maximum Gasteiger partial charge on any atom is 0.163 e. The Kier molecular flexibility index (Phi) is 5.16. The van der Waals surface area contributed by atoms with Gasteiger partial charge in [-0.15, -0.1) is 0 Å². The number of hydrogen-bond acceptors (Lipinski definition) is 6. The van der Waals surface area contributed by atoms with Crippen molar-refractivity contribution in [3.8, 4) is 22.8 Å². The molecule has 0 aliphatic carbocycles. The zero-order valence-corrected chi connectivity index (χ0v) is 21.3. The van der Waals surface area contributed by atoms with E-state index in [2.05, 4.69) is 81.5 Å². The molecule has 0 bridgehead atoms. The summed E-state index contributed by atoms with van der Waals surface area (Å²) in [7, 11) is 0. The minimum Gasteiger partial charge on any atom is -0.339 e. The average Bonchev–Trinajstić information content (AvgIpc) is 3.48. The van der Waals surface area contributed by atoms with E-state index in [1.165, 1.54) is 0 Å². The second kappa shape index (κ2) is 8.71. The molecule has 0 saturated heterocycles. The van der Waals surface area contributed by atoms with Crippen LogP contribution in [0.5, 0.6) is 0 Å². The van der Waals surface area contributed by atoms with Crippen LogP contribution >= 0.6 is 0 Å². The maximum atomic E-state index is 6.04. The number of aromatic nitrogens is 7. The van der Waals surface area contributed by atoms with Crippen molar-refractivity contribution in [3.63, 3.8) is 0 Å². The summed E-state index contributed by atoms with van der Waals surface area (Å²) in [5.74, 6) is 1.74. The number of rotatable bonds is 5. The van der Waals surface area contributed by atoms with Gasteiger partial charge in [0.15, 0.2) is 11.6 Å². The Balaban J connectivity index is 1.41. The van der Waals surface area contributed by atoms with E-state index < -0.39 is 0 Å². The Hall–Kier alpha value is -4.69. The molecule has 0 spiro atoms. The highest BCUT2D eigenvalue weighted by Crippen LogP contribution is 2.33. The number of hydrogen-bond donors (Lipinski definition) is 1. The van der Waals surface area contributed by atoms with Crippen LogP contribution in [0.2, 0.25) is 0 Å². The van der Waals surface area contributed by atoms with Crippen molar-refractivity contribution in [2.24, 2.45) is 5.73 Å². The minimum absolute atomic E-state index is 0.223. The van der Waals surface area contributed by atoms with Crippen molar-refractivity contribution in [2.75, 3.05) is 0 Å². The number of fused-ring (bicyclic) bond motifs is 6. The van der Waals surface area contributed by atoms with Gasteiger partial charge in [-0.2, -0.15) is 0 Å². The fourth-order valence-electron chi connectivity index (χ4n) is 5.55. The second-order valence-electron chi connectivity index (χ2n) is 9.30. The molecule has 7 rings (SSSR count). The van der Waals surface area contributed by atoms with Crippen LogP contribution in [-0.4, -0.2) is 34.1 Å². The molecule has 0 fully saturated rings. The molecule has 0 atom stereocenters. The van der Waals surface area contributed by atoms with Crippen LogP contribution in [0.1, 0.15) is 19.7 Å². The Morgan fingerprint density at radius 1 is 0.632 bits per heavy atom. The SMILES string of the molecule is CCn1c2ccc(-c3nc(CN)nc(-c4ccc5c(c4)c4ncccc4n5CC)n3)cc2c2ncccc21.